The molecule has 0 aliphatic heterocycles. The fourth-order valence-electron chi connectivity index (χ4n) is 1.35. The number of carboxylic acid groups (broad SMARTS) is 1. The lowest BCUT2D eigenvalue weighted by Gasteiger charge is -1.95. The van der Waals surface area contributed by atoms with Crippen LogP contribution in [-0.2, 0) is 11.2 Å². The number of benzene rings is 2. The number of carboxylic acids is 1. The van der Waals surface area contributed by atoms with Crippen molar-refractivity contribution in [2.45, 2.75) is 12.8 Å². The second kappa shape index (κ2) is 7.90. The minimum atomic E-state index is -0.742. The number of rotatable bonds is 3. The molecule has 0 radical (unpaired) electrons. The van der Waals surface area contributed by atoms with E-state index >= 15 is 0 Å². The molecule has 3 nitrogen and oxygen atoms in total. The van der Waals surface area contributed by atoms with Crippen LogP contribution in [0.4, 0.5) is 5.69 Å². The molecule has 0 bridgehead atoms. The maximum Gasteiger partial charge on any atom is 0.303 e. The molecular weight excluding hydrogens is 226 g/mol. The number of aryl methyl sites for hydroxylation is 1. The Hall–Kier alpha value is -2.29. The largest absolute Gasteiger partial charge is 0.481 e. The van der Waals surface area contributed by atoms with Gasteiger partial charge in [-0.15, -0.1) is 0 Å². The Morgan fingerprint density at radius 2 is 1.44 bits per heavy atom. The van der Waals surface area contributed by atoms with Gasteiger partial charge in [0, 0.05) is 12.1 Å². The van der Waals surface area contributed by atoms with Crippen molar-refractivity contribution < 1.29 is 9.90 Å². The van der Waals surface area contributed by atoms with Gasteiger partial charge in [-0.05, 0) is 24.1 Å². The summed E-state index contributed by atoms with van der Waals surface area (Å²) in [5.74, 6) is -0.742. The van der Waals surface area contributed by atoms with Gasteiger partial charge in [0.1, 0.15) is 0 Å². The highest BCUT2D eigenvalue weighted by Gasteiger charge is 1.96. The summed E-state index contributed by atoms with van der Waals surface area (Å²) in [4.78, 5) is 10.2. The van der Waals surface area contributed by atoms with Crippen LogP contribution >= 0.6 is 0 Å². The maximum atomic E-state index is 10.2. The zero-order chi connectivity index (χ0) is 13.2. The first kappa shape index (κ1) is 13.8. The maximum absolute atomic E-state index is 10.2. The third kappa shape index (κ3) is 6.33. The number of nitrogens with two attached hydrogens (primary N) is 1. The number of nitrogen functional groups attached to an aromatic ring is 1. The molecule has 0 saturated carbocycles. The summed E-state index contributed by atoms with van der Waals surface area (Å²) in [6, 6.07) is 19.1. The van der Waals surface area contributed by atoms with E-state index < -0.39 is 5.97 Å². The van der Waals surface area contributed by atoms with E-state index in [2.05, 4.69) is 0 Å². The van der Waals surface area contributed by atoms with Crippen molar-refractivity contribution in [1.82, 2.24) is 0 Å². The van der Waals surface area contributed by atoms with Crippen LogP contribution in [0.15, 0.2) is 60.7 Å². The average molecular weight is 243 g/mol. The van der Waals surface area contributed by atoms with Crippen molar-refractivity contribution in [1.29, 1.82) is 0 Å². The molecule has 94 valence electrons. The zero-order valence-corrected chi connectivity index (χ0v) is 10.1. The van der Waals surface area contributed by atoms with E-state index in [1.54, 1.807) is 0 Å². The molecule has 0 atom stereocenters. The summed E-state index contributed by atoms with van der Waals surface area (Å²) in [6.07, 6.45) is 0.834. The van der Waals surface area contributed by atoms with E-state index in [-0.39, 0.29) is 6.42 Å². The number of carbonyl (C=O) groups is 1. The minimum absolute atomic E-state index is 0.212. The van der Waals surface area contributed by atoms with E-state index in [9.17, 15) is 4.79 Å². The number of hydrogen-bond acceptors (Lipinski definition) is 2. The molecule has 0 unspecified atom stereocenters. The number of anilines is 1. The van der Waals surface area contributed by atoms with E-state index in [0.29, 0.717) is 6.42 Å². The fraction of sp³-hybridized carbons (Fsp3) is 0.133. The van der Waals surface area contributed by atoms with E-state index in [4.69, 9.17) is 10.8 Å². The smallest absolute Gasteiger partial charge is 0.303 e. The lowest BCUT2D eigenvalue weighted by Crippen LogP contribution is -1.96. The Kier molecular flexibility index (Phi) is 6.04. The molecule has 0 fully saturated rings. The van der Waals surface area contributed by atoms with Crippen molar-refractivity contribution in [2.24, 2.45) is 0 Å². The highest BCUT2D eigenvalue weighted by atomic mass is 16.4. The average Bonchev–Trinajstić information content (AvgIpc) is 2.39. The quantitative estimate of drug-likeness (QED) is 0.814. The summed E-state index contributed by atoms with van der Waals surface area (Å²) in [5.41, 5.74) is 7.26. The Morgan fingerprint density at radius 3 is 1.83 bits per heavy atom. The van der Waals surface area contributed by atoms with Gasteiger partial charge in [-0.3, -0.25) is 4.79 Å². The normalized spacial score (nSPS) is 9.11. The first-order valence-electron chi connectivity index (χ1n) is 5.74. The van der Waals surface area contributed by atoms with Crippen LogP contribution in [0.3, 0.4) is 0 Å². The molecule has 0 aromatic heterocycles. The molecule has 0 spiro atoms. The molecule has 0 aliphatic rings. The number of aliphatic carboxylic acids is 1. The van der Waals surface area contributed by atoms with Gasteiger partial charge in [0.2, 0.25) is 0 Å². The van der Waals surface area contributed by atoms with Crippen LogP contribution in [0, 0.1) is 0 Å². The summed E-state index contributed by atoms with van der Waals surface area (Å²) < 4.78 is 0. The van der Waals surface area contributed by atoms with Gasteiger partial charge in [0.25, 0.3) is 0 Å². The topological polar surface area (TPSA) is 63.3 Å². The zero-order valence-electron chi connectivity index (χ0n) is 10.1. The van der Waals surface area contributed by atoms with Crippen molar-refractivity contribution >= 4 is 11.7 Å². The van der Waals surface area contributed by atoms with Crippen molar-refractivity contribution in [3.63, 3.8) is 0 Å². The monoisotopic (exact) mass is 243 g/mol. The third-order valence-electron chi connectivity index (χ3n) is 2.27. The molecule has 0 saturated heterocycles. The SMILES string of the molecule is Nc1ccccc1.O=C(O)CCc1ccccc1. The Bertz CT molecular complexity index is 454. The van der Waals surface area contributed by atoms with Crippen molar-refractivity contribution in [3.05, 3.63) is 66.2 Å². The molecule has 0 amide bonds. The van der Waals surface area contributed by atoms with Crippen molar-refractivity contribution in [3.8, 4) is 0 Å². The summed E-state index contributed by atoms with van der Waals surface area (Å²) >= 11 is 0. The van der Waals surface area contributed by atoms with Gasteiger partial charge in [-0.2, -0.15) is 0 Å². The minimum Gasteiger partial charge on any atom is -0.481 e. The van der Waals surface area contributed by atoms with E-state index in [0.717, 1.165) is 11.3 Å². The summed E-state index contributed by atoms with van der Waals surface area (Å²) in [7, 11) is 0. The molecule has 18 heavy (non-hydrogen) atoms. The second-order valence-corrected chi connectivity index (χ2v) is 3.79. The van der Waals surface area contributed by atoms with Gasteiger partial charge >= 0.3 is 5.97 Å². The fourth-order valence-corrected chi connectivity index (χ4v) is 1.35. The Labute approximate surface area is 107 Å². The molecule has 2 aromatic rings. The van der Waals surface area contributed by atoms with Gasteiger partial charge in [-0.1, -0.05) is 48.5 Å². The van der Waals surface area contributed by atoms with Crippen LogP contribution in [0.25, 0.3) is 0 Å². The number of para-hydroxylation sites is 1. The first-order chi connectivity index (χ1) is 8.68. The van der Waals surface area contributed by atoms with Crippen LogP contribution in [-0.4, -0.2) is 11.1 Å². The lowest BCUT2D eigenvalue weighted by molar-refractivity contribution is -0.136. The highest BCUT2D eigenvalue weighted by Crippen LogP contribution is 2.01. The van der Waals surface area contributed by atoms with Crippen LogP contribution in [0.5, 0.6) is 0 Å². The van der Waals surface area contributed by atoms with Crippen LogP contribution < -0.4 is 5.73 Å². The third-order valence-corrected chi connectivity index (χ3v) is 2.27. The second-order valence-electron chi connectivity index (χ2n) is 3.79. The van der Waals surface area contributed by atoms with Gasteiger partial charge in [0.05, 0.1) is 0 Å². The predicted octanol–water partition coefficient (Wildman–Crippen LogP) is 2.97. The van der Waals surface area contributed by atoms with Crippen molar-refractivity contribution in [2.75, 3.05) is 5.73 Å². The lowest BCUT2D eigenvalue weighted by atomic mass is 10.1. The molecule has 0 aliphatic carbocycles. The van der Waals surface area contributed by atoms with Crippen LogP contribution in [0.1, 0.15) is 12.0 Å². The van der Waals surface area contributed by atoms with Gasteiger partial charge in [-0.25, -0.2) is 0 Å². The molecule has 3 heteroatoms. The van der Waals surface area contributed by atoms with E-state index in [1.165, 1.54) is 0 Å². The molecule has 2 aromatic carbocycles. The predicted molar refractivity (Wildman–Crippen MR) is 73.3 cm³/mol. The molecular formula is C15H17NO2. The molecule has 0 heterocycles. The number of hydrogen-bond donors (Lipinski definition) is 2. The highest BCUT2D eigenvalue weighted by molar-refractivity contribution is 5.67. The molecule has 3 N–H and O–H groups in total. The van der Waals surface area contributed by atoms with E-state index in [1.807, 2.05) is 60.7 Å². The first-order valence-corrected chi connectivity index (χ1v) is 5.74. The van der Waals surface area contributed by atoms with Gasteiger partial charge in [0.15, 0.2) is 0 Å². The Morgan fingerprint density at radius 1 is 0.944 bits per heavy atom. The van der Waals surface area contributed by atoms with Gasteiger partial charge < -0.3 is 10.8 Å². The summed E-state index contributed by atoms with van der Waals surface area (Å²) in [6.45, 7) is 0. The molecule has 2 rings (SSSR count). The Balaban J connectivity index is 0.000000199. The van der Waals surface area contributed by atoms with Crippen LogP contribution in [0.2, 0.25) is 0 Å². The summed E-state index contributed by atoms with van der Waals surface area (Å²) in [5, 5.41) is 8.37. The standard InChI is InChI=1S/C9H10O2.C6H7N/c10-9(11)7-6-8-4-2-1-3-5-8;7-6-4-2-1-3-5-6/h1-5H,6-7H2,(H,10,11);1-5H,7H2.